The van der Waals surface area contributed by atoms with Crippen molar-refractivity contribution in [2.45, 2.75) is 32.6 Å². The lowest BCUT2D eigenvalue weighted by atomic mass is 10.0. The molecule has 2 N–H and O–H groups in total. The zero-order chi connectivity index (χ0) is 11.6. The number of hydrogen-bond donors (Lipinski definition) is 2. The number of amides is 2. The van der Waals surface area contributed by atoms with Gasteiger partial charge < -0.3 is 15.3 Å². The van der Waals surface area contributed by atoms with Gasteiger partial charge in [-0.3, -0.25) is 0 Å². The molecule has 2 rings (SSSR count). The fraction of sp³-hybridized carbons (Fsp3) is 0.917. The van der Waals surface area contributed by atoms with E-state index in [-0.39, 0.29) is 18.6 Å². The summed E-state index contributed by atoms with van der Waals surface area (Å²) in [5.41, 5.74) is 0.408. The second-order valence-corrected chi connectivity index (χ2v) is 5.30. The molecule has 1 unspecified atom stereocenters. The van der Waals surface area contributed by atoms with E-state index in [2.05, 4.69) is 12.2 Å². The van der Waals surface area contributed by atoms with E-state index in [0.29, 0.717) is 12.0 Å². The molecule has 0 aromatic rings. The summed E-state index contributed by atoms with van der Waals surface area (Å²) in [5.74, 6) is 0.284. The van der Waals surface area contributed by atoms with Gasteiger partial charge in [0.25, 0.3) is 0 Å². The van der Waals surface area contributed by atoms with Gasteiger partial charge in [0, 0.05) is 32.2 Å². The van der Waals surface area contributed by atoms with Crippen LogP contribution in [0.2, 0.25) is 0 Å². The first-order valence-electron chi connectivity index (χ1n) is 6.33. The quantitative estimate of drug-likeness (QED) is 0.757. The SMILES string of the molecule is CCC1(CNC(=O)N2CCC(CO)C2)CC1. The minimum absolute atomic E-state index is 0.0516. The van der Waals surface area contributed by atoms with Crippen LogP contribution in [-0.2, 0) is 0 Å². The Morgan fingerprint density at radius 1 is 1.56 bits per heavy atom. The number of hydrogen-bond acceptors (Lipinski definition) is 2. The molecule has 16 heavy (non-hydrogen) atoms. The molecule has 0 aromatic heterocycles. The number of aliphatic hydroxyl groups is 1. The van der Waals surface area contributed by atoms with E-state index >= 15 is 0 Å². The highest BCUT2D eigenvalue weighted by atomic mass is 16.3. The summed E-state index contributed by atoms with van der Waals surface area (Å²) in [6, 6.07) is 0.0516. The summed E-state index contributed by atoms with van der Waals surface area (Å²) >= 11 is 0. The summed E-state index contributed by atoms with van der Waals surface area (Å²) in [7, 11) is 0. The summed E-state index contributed by atoms with van der Waals surface area (Å²) < 4.78 is 0. The van der Waals surface area contributed by atoms with Crippen LogP contribution >= 0.6 is 0 Å². The Morgan fingerprint density at radius 3 is 2.81 bits per heavy atom. The maximum Gasteiger partial charge on any atom is 0.317 e. The summed E-state index contributed by atoms with van der Waals surface area (Å²) in [6.07, 6.45) is 4.60. The van der Waals surface area contributed by atoms with Crippen molar-refractivity contribution < 1.29 is 9.90 Å². The fourth-order valence-electron chi connectivity index (χ4n) is 2.37. The van der Waals surface area contributed by atoms with E-state index < -0.39 is 0 Å². The highest BCUT2D eigenvalue weighted by Crippen LogP contribution is 2.47. The van der Waals surface area contributed by atoms with Crippen molar-refractivity contribution >= 4 is 6.03 Å². The van der Waals surface area contributed by atoms with E-state index in [0.717, 1.165) is 25.9 Å². The molecule has 1 saturated carbocycles. The van der Waals surface area contributed by atoms with Gasteiger partial charge in [0.15, 0.2) is 0 Å². The van der Waals surface area contributed by atoms with E-state index in [4.69, 9.17) is 5.11 Å². The molecule has 1 atom stereocenters. The minimum Gasteiger partial charge on any atom is -0.396 e. The van der Waals surface area contributed by atoms with Gasteiger partial charge in [-0.2, -0.15) is 0 Å². The van der Waals surface area contributed by atoms with E-state index in [1.807, 2.05) is 4.90 Å². The van der Waals surface area contributed by atoms with Crippen LogP contribution in [0, 0.1) is 11.3 Å². The van der Waals surface area contributed by atoms with Crippen molar-refractivity contribution in [3.05, 3.63) is 0 Å². The van der Waals surface area contributed by atoms with Crippen molar-refractivity contribution in [1.29, 1.82) is 0 Å². The molecule has 0 radical (unpaired) electrons. The second-order valence-electron chi connectivity index (χ2n) is 5.30. The molecule has 92 valence electrons. The lowest BCUT2D eigenvalue weighted by Crippen LogP contribution is -2.41. The first-order chi connectivity index (χ1) is 7.69. The minimum atomic E-state index is 0.0516. The van der Waals surface area contributed by atoms with Crippen molar-refractivity contribution in [3.8, 4) is 0 Å². The molecule has 0 bridgehead atoms. The predicted molar refractivity (Wildman–Crippen MR) is 62.1 cm³/mol. The number of likely N-dealkylation sites (tertiary alicyclic amines) is 1. The van der Waals surface area contributed by atoms with Crippen LogP contribution in [0.15, 0.2) is 0 Å². The smallest absolute Gasteiger partial charge is 0.317 e. The Hall–Kier alpha value is -0.770. The fourth-order valence-corrected chi connectivity index (χ4v) is 2.37. The monoisotopic (exact) mass is 226 g/mol. The summed E-state index contributed by atoms with van der Waals surface area (Å²) in [6.45, 7) is 4.71. The van der Waals surface area contributed by atoms with Crippen LogP contribution in [0.3, 0.4) is 0 Å². The Bertz CT molecular complexity index is 264. The normalized spacial score (nSPS) is 26.9. The number of nitrogens with zero attached hydrogens (tertiary/aromatic N) is 1. The largest absolute Gasteiger partial charge is 0.396 e. The zero-order valence-corrected chi connectivity index (χ0v) is 10.0. The first kappa shape index (κ1) is 11.7. The highest BCUT2D eigenvalue weighted by Gasteiger charge is 2.41. The second kappa shape index (κ2) is 4.62. The molecule has 0 aromatic carbocycles. The van der Waals surface area contributed by atoms with Gasteiger partial charge in [-0.25, -0.2) is 4.79 Å². The third-order valence-corrected chi connectivity index (χ3v) is 4.15. The topological polar surface area (TPSA) is 52.6 Å². The first-order valence-corrected chi connectivity index (χ1v) is 6.33. The van der Waals surface area contributed by atoms with Gasteiger partial charge in [-0.15, -0.1) is 0 Å². The summed E-state index contributed by atoms with van der Waals surface area (Å²) in [5, 5.41) is 12.0. The van der Waals surface area contributed by atoms with Crippen molar-refractivity contribution in [2.24, 2.45) is 11.3 Å². The lowest BCUT2D eigenvalue weighted by molar-refractivity contribution is 0.196. The molecule has 2 fully saturated rings. The Labute approximate surface area is 97.0 Å². The third kappa shape index (κ3) is 2.48. The Kier molecular flexibility index (Phi) is 3.38. The average molecular weight is 226 g/mol. The third-order valence-electron chi connectivity index (χ3n) is 4.15. The van der Waals surface area contributed by atoms with Gasteiger partial charge in [-0.1, -0.05) is 6.92 Å². The molecule has 0 spiro atoms. The van der Waals surface area contributed by atoms with Crippen LogP contribution in [0.25, 0.3) is 0 Å². The van der Waals surface area contributed by atoms with Gasteiger partial charge in [-0.05, 0) is 31.1 Å². The molecule has 1 aliphatic carbocycles. The number of rotatable bonds is 4. The Morgan fingerprint density at radius 2 is 2.31 bits per heavy atom. The molecular weight excluding hydrogens is 204 g/mol. The number of aliphatic hydroxyl groups excluding tert-OH is 1. The van der Waals surface area contributed by atoms with Crippen LogP contribution in [0.1, 0.15) is 32.6 Å². The van der Waals surface area contributed by atoms with Crippen molar-refractivity contribution in [3.63, 3.8) is 0 Å². The zero-order valence-electron chi connectivity index (χ0n) is 10.0. The molecule has 2 aliphatic rings. The van der Waals surface area contributed by atoms with Gasteiger partial charge >= 0.3 is 6.03 Å². The molecule has 1 saturated heterocycles. The van der Waals surface area contributed by atoms with E-state index in [1.165, 1.54) is 12.8 Å². The number of nitrogens with one attached hydrogen (secondary N) is 1. The Balaban J connectivity index is 1.72. The van der Waals surface area contributed by atoms with Crippen LogP contribution in [0.4, 0.5) is 4.79 Å². The predicted octanol–water partition coefficient (Wildman–Crippen LogP) is 1.20. The average Bonchev–Trinajstić information content (AvgIpc) is 2.94. The standard InChI is InChI=1S/C12H22N2O2/c1-2-12(4-5-12)9-13-11(16)14-6-3-10(7-14)8-15/h10,15H,2-9H2,1H3,(H,13,16). The van der Waals surface area contributed by atoms with Crippen LogP contribution in [0.5, 0.6) is 0 Å². The number of carbonyl (C=O) groups is 1. The van der Waals surface area contributed by atoms with Crippen LogP contribution in [-0.4, -0.2) is 42.3 Å². The number of urea groups is 1. The highest BCUT2D eigenvalue weighted by molar-refractivity contribution is 5.74. The molecule has 1 heterocycles. The molecule has 2 amide bonds. The van der Waals surface area contributed by atoms with E-state index in [9.17, 15) is 4.79 Å². The van der Waals surface area contributed by atoms with Crippen molar-refractivity contribution in [1.82, 2.24) is 10.2 Å². The molecule has 1 aliphatic heterocycles. The molecular formula is C12H22N2O2. The summed E-state index contributed by atoms with van der Waals surface area (Å²) in [4.78, 5) is 13.7. The maximum atomic E-state index is 11.8. The maximum absolute atomic E-state index is 11.8. The number of carbonyl (C=O) groups excluding carboxylic acids is 1. The molecule has 4 nitrogen and oxygen atoms in total. The lowest BCUT2D eigenvalue weighted by Gasteiger charge is -2.20. The van der Waals surface area contributed by atoms with Gasteiger partial charge in [0.1, 0.15) is 0 Å². The van der Waals surface area contributed by atoms with Gasteiger partial charge in [0.05, 0.1) is 0 Å². The van der Waals surface area contributed by atoms with Crippen LogP contribution < -0.4 is 5.32 Å². The molecule has 4 heteroatoms. The van der Waals surface area contributed by atoms with E-state index in [1.54, 1.807) is 0 Å². The van der Waals surface area contributed by atoms with Gasteiger partial charge in [0.2, 0.25) is 0 Å². The van der Waals surface area contributed by atoms with Crippen molar-refractivity contribution in [2.75, 3.05) is 26.2 Å².